The first kappa shape index (κ1) is 20.1. The predicted octanol–water partition coefficient (Wildman–Crippen LogP) is 2.20. The highest BCUT2D eigenvalue weighted by atomic mass is 32.2. The topological polar surface area (TPSA) is 130 Å². The van der Waals surface area contributed by atoms with Gasteiger partial charge in [-0.3, -0.25) is 14.6 Å². The Kier molecular flexibility index (Phi) is 5.64. The molecule has 0 aliphatic heterocycles. The fourth-order valence-corrected chi connectivity index (χ4v) is 3.49. The van der Waals surface area contributed by atoms with Gasteiger partial charge >= 0.3 is 0 Å². The average Bonchev–Trinajstić information content (AvgIpc) is 2.67. The third kappa shape index (κ3) is 4.99. The normalized spacial score (nSPS) is 11.0. The van der Waals surface area contributed by atoms with Gasteiger partial charge in [-0.1, -0.05) is 0 Å². The van der Waals surface area contributed by atoms with Crippen LogP contribution in [0.4, 0.5) is 11.6 Å². The molecule has 0 bridgehead atoms. The van der Waals surface area contributed by atoms with Crippen molar-refractivity contribution in [2.24, 2.45) is 0 Å². The van der Waals surface area contributed by atoms with Crippen molar-refractivity contribution in [3.05, 3.63) is 65.0 Å². The molecule has 0 saturated heterocycles. The van der Waals surface area contributed by atoms with E-state index in [4.69, 9.17) is 4.74 Å². The highest BCUT2D eigenvalue weighted by molar-refractivity contribution is 7.92. The fraction of sp³-hybridized carbons (Fsp3) is 0.105. The van der Waals surface area contributed by atoms with Crippen LogP contribution in [0.2, 0.25) is 0 Å². The number of hydrogen-bond acceptors (Lipinski definition) is 6. The summed E-state index contributed by atoms with van der Waals surface area (Å²) in [6.07, 6.45) is 0. The van der Waals surface area contributed by atoms with Gasteiger partial charge in [0.05, 0.1) is 17.7 Å². The number of H-pyrrole nitrogens is 1. The van der Waals surface area contributed by atoms with Gasteiger partial charge in [0.15, 0.2) is 0 Å². The average molecular weight is 414 g/mol. The zero-order chi connectivity index (χ0) is 21.0. The Labute approximate surface area is 166 Å². The molecule has 1 heterocycles. The zero-order valence-electron chi connectivity index (χ0n) is 15.6. The molecule has 0 fully saturated rings. The van der Waals surface area contributed by atoms with Crippen LogP contribution in [-0.4, -0.2) is 31.4 Å². The SMILES string of the molecule is COc1ccc(-c2cc(=O)[nH]c(NS(=O)(=O)c3ccc(NC(C)=O)cc3)n2)cc1. The van der Waals surface area contributed by atoms with Gasteiger partial charge in [0, 0.05) is 24.2 Å². The lowest BCUT2D eigenvalue weighted by Crippen LogP contribution is -2.19. The standard InChI is InChI=1S/C19H18N4O5S/c1-12(24)20-14-5-9-16(10-6-14)29(26,27)23-19-21-17(11-18(25)22-19)13-3-7-15(28-2)8-4-13/h3-11H,1-2H3,(H,20,24)(H2,21,22,23,25). The minimum atomic E-state index is -4.00. The number of nitrogens with zero attached hydrogens (tertiary/aromatic N) is 1. The second-order valence-corrected chi connectivity index (χ2v) is 7.70. The Hall–Kier alpha value is -3.66. The number of anilines is 2. The lowest BCUT2D eigenvalue weighted by Gasteiger charge is -2.09. The van der Waals surface area contributed by atoms with Gasteiger partial charge in [-0.25, -0.2) is 18.1 Å². The summed E-state index contributed by atoms with van der Waals surface area (Å²) in [5.74, 6) is 0.160. The maximum atomic E-state index is 12.6. The van der Waals surface area contributed by atoms with Crippen molar-refractivity contribution < 1.29 is 17.9 Å². The van der Waals surface area contributed by atoms with Crippen molar-refractivity contribution in [3.63, 3.8) is 0 Å². The van der Waals surface area contributed by atoms with E-state index in [0.29, 0.717) is 22.7 Å². The van der Waals surface area contributed by atoms with Crippen LogP contribution < -0.4 is 20.3 Å². The summed E-state index contributed by atoms with van der Waals surface area (Å²) in [6, 6.07) is 13.7. The largest absolute Gasteiger partial charge is 0.497 e. The Bertz CT molecular complexity index is 1190. The smallest absolute Gasteiger partial charge is 0.264 e. The van der Waals surface area contributed by atoms with Crippen molar-refractivity contribution in [1.82, 2.24) is 9.97 Å². The Morgan fingerprint density at radius 2 is 1.72 bits per heavy atom. The van der Waals surface area contributed by atoms with E-state index in [1.165, 1.54) is 44.4 Å². The number of carbonyl (C=O) groups excluding carboxylic acids is 1. The van der Waals surface area contributed by atoms with E-state index >= 15 is 0 Å². The lowest BCUT2D eigenvalue weighted by atomic mass is 10.1. The van der Waals surface area contributed by atoms with E-state index in [9.17, 15) is 18.0 Å². The first-order chi connectivity index (χ1) is 13.8. The summed E-state index contributed by atoms with van der Waals surface area (Å²) in [6.45, 7) is 1.35. The molecule has 29 heavy (non-hydrogen) atoms. The molecule has 0 unspecified atom stereocenters. The molecular weight excluding hydrogens is 396 g/mol. The van der Waals surface area contributed by atoms with E-state index in [1.54, 1.807) is 24.3 Å². The van der Waals surface area contributed by atoms with Crippen LogP contribution in [-0.2, 0) is 14.8 Å². The summed E-state index contributed by atoms with van der Waals surface area (Å²) >= 11 is 0. The lowest BCUT2D eigenvalue weighted by molar-refractivity contribution is -0.114. The van der Waals surface area contributed by atoms with Gasteiger partial charge in [-0.05, 0) is 48.5 Å². The third-order valence-corrected chi connectivity index (χ3v) is 5.20. The maximum Gasteiger partial charge on any atom is 0.264 e. The molecular formula is C19H18N4O5S. The van der Waals surface area contributed by atoms with Crippen LogP contribution in [0, 0.1) is 0 Å². The quantitative estimate of drug-likeness (QED) is 0.567. The van der Waals surface area contributed by atoms with Crippen LogP contribution in [0.25, 0.3) is 11.3 Å². The van der Waals surface area contributed by atoms with Gasteiger partial charge in [0.2, 0.25) is 11.9 Å². The molecule has 0 aliphatic carbocycles. The minimum Gasteiger partial charge on any atom is -0.497 e. The van der Waals surface area contributed by atoms with Crippen molar-refractivity contribution >= 4 is 27.6 Å². The number of hydrogen-bond donors (Lipinski definition) is 3. The van der Waals surface area contributed by atoms with E-state index < -0.39 is 15.6 Å². The minimum absolute atomic E-state index is 0.0518. The molecule has 150 valence electrons. The fourth-order valence-electron chi connectivity index (χ4n) is 2.52. The van der Waals surface area contributed by atoms with E-state index in [1.807, 2.05) is 0 Å². The highest BCUT2D eigenvalue weighted by Crippen LogP contribution is 2.21. The highest BCUT2D eigenvalue weighted by Gasteiger charge is 2.16. The van der Waals surface area contributed by atoms with Gasteiger partial charge < -0.3 is 10.1 Å². The Balaban J connectivity index is 1.87. The molecule has 0 saturated carbocycles. The number of carbonyl (C=O) groups is 1. The molecule has 0 spiro atoms. The predicted molar refractivity (Wildman–Crippen MR) is 108 cm³/mol. The molecule has 0 aliphatic rings. The summed E-state index contributed by atoms with van der Waals surface area (Å²) in [7, 11) is -2.46. The number of ether oxygens (including phenoxy) is 1. The number of benzene rings is 2. The summed E-state index contributed by atoms with van der Waals surface area (Å²) < 4.78 is 32.6. The van der Waals surface area contributed by atoms with Crippen LogP contribution in [0.15, 0.2) is 64.3 Å². The van der Waals surface area contributed by atoms with Gasteiger partial charge in [0.1, 0.15) is 5.75 Å². The first-order valence-electron chi connectivity index (χ1n) is 8.43. The molecule has 2 aromatic carbocycles. The van der Waals surface area contributed by atoms with Crippen LogP contribution in [0.5, 0.6) is 5.75 Å². The molecule has 3 aromatic rings. The number of rotatable bonds is 6. The number of nitrogens with one attached hydrogen (secondary N) is 3. The Morgan fingerprint density at radius 3 is 2.31 bits per heavy atom. The van der Waals surface area contributed by atoms with Gasteiger partial charge in [-0.15, -0.1) is 0 Å². The molecule has 1 amide bonds. The second kappa shape index (κ2) is 8.15. The molecule has 3 N–H and O–H groups in total. The molecule has 0 atom stereocenters. The van der Waals surface area contributed by atoms with E-state index in [0.717, 1.165) is 0 Å². The van der Waals surface area contributed by atoms with Crippen LogP contribution in [0.3, 0.4) is 0 Å². The van der Waals surface area contributed by atoms with Crippen molar-refractivity contribution in [3.8, 4) is 17.0 Å². The van der Waals surface area contributed by atoms with E-state index in [-0.39, 0.29) is 16.8 Å². The Morgan fingerprint density at radius 1 is 1.07 bits per heavy atom. The molecule has 3 rings (SSSR count). The van der Waals surface area contributed by atoms with Gasteiger partial charge in [0.25, 0.3) is 15.6 Å². The van der Waals surface area contributed by atoms with Crippen molar-refractivity contribution in [1.29, 1.82) is 0 Å². The summed E-state index contributed by atoms with van der Waals surface area (Å²) in [4.78, 5) is 29.5. The second-order valence-electron chi connectivity index (χ2n) is 6.02. The first-order valence-corrected chi connectivity index (χ1v) is 9.91. The van der Waals surface area contributed by atoms with Crippen LogP contribution in [0.1, 0.15) is 6.92 Å². The molecule has 10 heteroatoms. The molecule has 1 aromatic heterocycles. The maximum absolute atomic E-state index is 12.6. The number of aromatic amines is 1. The zero-order valence-corrected chi connectivity index (χ0v) is 16.4. The third-order valence-electron chi connectivity index (χ3n) is 3.84. The van der Waals surface area contributed by atoms with Gasteiger partial charge in [-0.2, -0.15) is 0 Å². The number of amides is 1. The number of aromatic nitrogens is 2. The summed E-state index contributed by atoms with van der Waals surface area (Å²) in [5.41, 5.74) is 0.876. The van der Waals surface area contributed by atoms with Crippen molar-refractivity contribution in [2.75, 3.05) is 17.1 Å². The number of sulfonamides is 1. The van der Waals surface area contributed by atoms with Crippen molar-refractivity contribution in [2.45, 2.75) is 11.8 Å². The molecule has 0 radical (unpaired) electrons. The van der Waals surface area contributed by atoms with E-state index in [2.05, 4.69) is 20.0 Å². The molecule has 9 nitrogen and oxygen atoms in total. The number of methoxy groups -OCH3 is 1. The van der Waals surface area contributed by atoms with Crippen LogP contribution >= 0.6 is 0 Å². The monoisotopic (exact) mass is 414 g/mol. The summed E-state index contributed by atoms with van der Waals surface area (Å²) in [5, 5.41) is 2.55.